The summed E-state index contributed by atoms with van der Waals surface area (Å²) >= 11 is 3.41. The lowest BCUT2D eigenvalue weighted by Crippen LogP contribution is -2.37. The molecule has 28 heavy (non-hydrogen) atoms. The van der Waals surface area contributed by atoms with Crippen LogP contribution in [-0.2, 0) is 16.2 Å². The molecule has 0 fully saturated rings. The van der Waals surface area contributed by atoms with Crippen LogP contribution in [0.3, 0.4) is 0 Å². The summed E-state index contributed by atoms with van der Waals surface area (Å²) in [6, 6.07) is 13.2. The fourth-order valence-electron chi connectivity index (χ4n) is 2.19. The Kier molecular flexibility index (Phi) is 8.48. The van der Waals surface area contributed by atoms with E-state index < -0.39 is 11.8 Å². The lowest BCUT2D eigenvalue weighted by Gasteiger charge is -2.12. The quantitative estimate of drug-likeness (QED) is 0.369. The van der Waals surface area contributed by atoms with Crippen molar-refractivity contribution in [1.82, 2.24) is 10.7 Å². The van der Waals surface area contributed by atoms with Crippen molar-refractivity contribution in [3.05, 3.63) is 58.1 Å². The van der Waals surface area contributed by atoms with Crippen LogP contribution in [0.2, 0.25) is 0 Å². The van der Waals surface area contributed by atoms with E-state index in [2.05, 4.69) is 31.8 Å². The Morgan fingerprint density at radius 3 is 2.46 bits per heavy atom. The minimum Gasteiger partial charge on any atom is -0.490 e. The summed E-state index contributed by atoms with van der Waals surface area (Å²) < 4.78 is 12.5. The molecule has 0 aromatic heterocycles. The summed E-state index contributed by atoms with van der Waals surface area (Å²) in [6.07, 6.45) is 1.43. The van der Waals surface area contributed by atoms with E-state index in [1.807, 2.05) is 31.2 Å². The Hall–Kier alpha value is -2.87. The average Bonchev–Trinajstić information content (AvgIpc) is 2.69. The third-order valence-corrected chi connectivity index (χ3v) is 4.03. The van der Waals surface area contributed by atoms with Gasteiger partial charge in [0.1, 0.15) is 6.61 Å². The zero-order valence-electron chi connectivity index (χ0n) is 15.7. The first-order valence-electron chi connectivity index (χ1n) is 8.78. The number of benzene rings is 2. The van der Waals surface area contributed by atoms with Gasteiger partial charge in [0.05, 0.1) is 12.8 Å². The molecule has 2 amide bonds. The van der Waals surface area contributed by atoms with Gasteiger partial charge >= 0.3 is 11.8 Å². The van der Waals surface area contributed by atoms with Crippen LogP contribution < -0.4 is 20.2 Å². The molecule has 0 saturated heterocycles. The molecule has 0 bridgehead atoms. The molecule has 2 N–H and O–H groups in total. The average molecular weight is 448 g/mol. The highest BCUT2D eigenvalue weighted by atomic mass is 79.9. The van der Waals surface area contributed by atoms with Crippen molar-refractivity contribution in [3.63, 3.8) is 0 Å². The molecular weight excluding hydrogens is 426 g/mol. The number of carbonyl (C=O) groups is 2. The van der Waals surface area contributed by atoms with E-state index in [0.29, 0.717) is 36.8 Å². The second-order valence-corrected chi connectivity index (χ2v) is 6.53. The predicted octanol–water partition coefficient (Wildman–Crippen LogP) is 3.01. The molecule has 0 radical (unpaired) electrons. The normalized spacial score (nSPS) is 10.5. The lowest BCUT2D eigenvalue weighted by atomic mass is 10.2. The second-order valence-electron chi connectivity index (χ2n) is 5.61. The molecule has 8 heteroatoms. The number of likely N-dealkylation sites (N-methyl/N-ethyl adjacent to an activating group) is 1. The van der Waals surface area contributed by atoms with E-state index in [1.165, 1.54) is 6.21 Å². The van der Waals surface area contributed by atoms with E-state index in [0.717, 1.165) is 10.0 Å². The van der Waals surface area contributed by atoms with Gasteiger partial charge in [-0.25, -0.2) is 5.43 Å². The molecule has 2 aromatic rings. The highest BCUT2D eigenvalue weighted by Gasteiger charge is 2.10. The maximum atomic E-state index is 11.5. The predicted molar refractivity (Wildman–Crippen MR) is 111 cm³/mol. The summed E-state index contributed by atoms with van der Waals surface area (Å²) in [5.41, 5.74) is 3.90. The molecule has 148 valence electrons. The van der Waals surface area contributed by atoms with Gasteiger partial charge in [-0.05, 0) is 55.3 Å². The molecule has 0 spiro atoms. The molecule has 0 aliphatic rings. The number of hydrogen-bond donors (Lipinski definition) is 2. The fourth-order valence-corrected chi connectivity index (χ4v) is 2.46. The highest BCUT2D eigenvalue weighted by molar-refractivity contribution is 9.10. The number of nitrogens with zero attached hydrogens (tertiary/aromatic N) is 1. The third kappa shape index (κ3) is 6.70. The van der Waals surface area contributed by atoms with Crippen LogP contribution in [0, 0.1) is 0 Å². The number of ether oxygens (including phenoxy) is 2. The van der Waals surface area contributed by atoms with Gasteiger partial charge in [-0.15, -0.1) is 0 Å². The van der Waals surface area contributed by atoms with Crippen molar-refractivity contribution in [2.75, 3.05) is 13.2 Å². The zero-order chi connectivity index (χ0) is 20.4. The standard InChI is InChI=1S/C20H22BrN3O4/c1-3-22-19(25)20(26)24-23-12-15-7-10-17(18(11-15)27-4-2)28-13-14-5-8-16(21)9-6-14/h5-12H,3-4,13H2,1-2H3,(H,22,25)(H,24,26)/b23-12-. The Morgan fingerprint density at radius 1 is 1.04 bits per heavy atom. The van der Waals surface area contributed by atoms with Crippen molar-refractivity contribution in [2.45, 2.75) is 20.5 Å². The fraction of sp³-hybridized carbons (Fsp3) is 0.250. The van der Waals surface area contributed by atoms with Crippen LogP contribution >= 0.6 is 15.9 Å². The van der Waals surface area contributed by atoms with Gasteiger partial charge in [0.15, 0.2) is 11.5 Å². The van der Waals surface area contributed by atoms with Gasteiger partial charge in [0.2, 0.25) is 0 Å². The van der Waals surface area contributed by atoms with Gasteiger partial charge in [-0.3, -0.25) is 9.59 Å². The topological polar surface area (TPSA) is 89.0 Å². The zero-order valence-corrected chi connectivity index (χ0v) is 17.3. The van der Waals surface area contributed by atoms with E-state index in [4.69, 9.17) is 9.47 Å². The van der Waals surface area contributed by atoms with Gasteiger partial charge in [-0.2, -0.15) is 5.10 Å². The monoisotopic (exact) mass is 447 g/mol. The van der Waals surface area contributed by atoms with Crippen molar-refractivity contribution in [1.29, 1.82) is 0 Å². The first-order valence-corrected chi connectivity index (χ1v) is 9.58. The van der Waals surface area contributed by atoms with Crippen molar-refractivity contribution >= 4 is 34.0 Å². The van der Waals surface area contributed by atoms with Crippen LogP contribution in [0.15, 0.2) is 52.0 Å². The van der Waals surface area contributed by atoms with Crippen LogP contribution in [0.4, 0.5) is 0 Å². The lowest BCUT2D eigenvalue weighted by molar-refractivity contribution is -0.139. The molecule has 0 aliphatic carbocycles. The van der Waals surface area contributed by atoms with Crippen LogP contribution in [0.25, 0.3) is 0 Å². The van der Waals surface area contributed by atoms with E-state index in [9.17, 15) is 9.59 Å². The maximum Gasteiger partial charge on any atom is 0.329 e. The molecule has 0 heterocycles. The van der Waals surface area contributed by atoms with E-state index >= 15 is 0 Å². The summed E-state index contributed by atoms with van der Waals surface area (Å²) in [7, 11) is 0. The van der Waals surface area contributed by atoms with Crippen molar-refractivity contribution in [2.24, 2.45) is 5.10 Å². The number of halogens is 1. The Balaban J connectivity index is 2.02. The number of rotatable bonds is 8. The first kappa shape index (κ1) is 21.4. The largest absolute Gasteiger partial charge is 0.490 e. The van der Waals surface area contributed by atoms with Crippen LogP contribution in [-0.4, -0.2) is 31.2 Å². The van der Waals surface area contributed by atoms with Crippen molar-refractivity contribution < 1.29 is 19.1 Å². The summed E-state index contributed by atoms with van der Waals surface area (Å²) in [6.45, 7) is 4.86. The van der Waals surface area contributed by atoms with Crippen LogP contribution in [0.5, 0.6) is 11.5 Å². The van der Waals surface area contributed by atoms with Gasteiger partial charge in [0.25, 0.3) is 0 Å². The van der Waals surface area contributed by atoms with Crippen molar-refractivity contribution in [3.8, 4) is 11.5 Å². The molecular formula is C20H22BrN3O4. The molecule has 2 rings (SSSR count). The number of hydrazone groups is 1. The van der Waals surface area contributed by atoms with Crippen LogP contribution in [0.1, 0.15) is 25.0 Å². The Bertz CT molecular complexity index is 838. The summed E-state index contributed by atoms with van der Waals surface area (Å²) in [5, 5.41) is 6.19. The number of hydrogen-bond acceptors (Lipinski definition) is 5. The molecule has 0 unspecified atom stereocenters. The Morgan fingerprint density at radius 2 is 1.79 bits per heavy atom. The smallest absolute Gasteiger partial charge is 0.329 e. The SMILES string of the molecule is CCNC(=O)C(=O)N/N=C\c1ccc(OCc2ccc(Br)cc2)c(OCC)c1. The Labute approximate surface area is 172 Å². The van der Waals surface area contributed by atoms with Gasteiger partial charge in [-0.1, -0.05) is 28.1 Å². The van der Waals surface area contributed by atoms with Gasteiger partial charge < -0.3 is 14.8 Å². The molecule has 0 atom stereocenters. The number of amides is 2. The van der Waals surface area contributed by atoms with E-state index in [-0.39, 0.29) is 0 Å². The van der Waals surface area contributed by atoms with Gasteiger partial charge in [0, 0.05) is 11.0 Å². The molecule has 7 nitrogen and oxygen atoms in total. The summed E-state index contributed by atoms with van der Waals surface area (Å²) in [4.78, 5) is 22.8. The third-order valence-electron chi connectivity index (χ3n) is 3.50. The number of carbonyl (C=O) groups excluding carboxylic acids is 2. The first-order chi connectivity index (χ1) is 13.5. The number of nitrogens with one attached hydrogen (secondary N) is 2. The second kappa shape index (κ2) is 11.1. The minimum atomic E-state index is -0.822. The van der Waals surface area contributed by atoms with E-state index in [1.54, 1.807) is 25.1 Å². The summed E-state index contributed by atoms with van der Waals surface area (Å²) in [5.74, 6) is -0.379. The maximum absolute atomic E-state index is 11.5. The highest BCUT2D eigenvalue weighted by Crippen LogP contribution is 2.29. The molecule has 2 aromatic carbocycles. The minimum absolute atomic E-state index is 0.370. The molecule has 0 aliphatic heterocycles. The molecule has 0 saturated carbocycles.